The minimum absolute atomic E-state index is 0.0689. The van der Waals surface area contributed by atoms with E-state index in [-0.39, 0.29) is 6.10 Å². The second kappa shape index (κ2) is 5.13. The van der Waals surface area contributed by atoms with Gasteiger partial charge in [-0.05, 0) is 56.4 Å². The molecule has 0 amide bonds. The summed E-state index contributed by atoms with van der Waals surface area (Å²) in [4.78, 5) is 2.60. The Morgan fingerprint density at radius 1 is 1.17 bits per heavy atom. The van der Waals surface area contributed by atoms with Crippen LogP contribution >= 0.6 is 0 Å². The number of hydrogen-bond donors (Lipinski definition) is 1. The largest absolute Gasteiger partial charge is 0.393 e. The van der Waals surface area contributed by atoms with Crippen LogP contribution in [0.1, 0.15) is 59.8 Å². The monoisotopic (exact) mass is 253 g/mol. The molecule has 0 spiro atoms. The summed E-state index contributed by atoms with van der Waals surface area (Å²) >= 11 is 0. The Bertz CT molecular complexity index is 279. The first-order valence-electron chi connectivity index (χ1n) is 7.70. The van der Waals surface area contributed by atoms with E-state index in [1.807, 2.05) is 0 Å². The van der Waals surface area contributed by atoms with Crippen molar-refractivity contribution in [1.29, 1.82) is 0 Å². The third-order valence-electron chi connectivity index (χ3n) is 5.37. The van der Waals surface area contributed by atoms with Gasteiger partial charge >= 0.3 is 0 Å². The van der Waals surface area contributed by atoms with Crippen molar-refractivity contribution in [2.45, 2.75) is 78.0 Å². The summed E-state index contributed by atoms with van der Waals surface area (Å²) < 4.78 is 0. The molecule has 0 radical (unpaired) electrons. The molecule has 0 aromatic heterocycles. The molecule has 0 bridgehead atoms. The molecule has 2 saturated carbocycles. The molecular formula is C16H31NO. The normalized spacial score (nSPS) is 37.0. The summed E-state index contributed by atoms with van der Waals surface area (Å²) in [6, 6.07) is 1.34. The van der Waals surface area contributed by atoms with E-state index in [0.717, 1.165) is 30.7 Å². The molecule has 0 aromatic rings. The molecule has 2 fully saturated rings. The van der Waals surface area contributed by atoms with E-state index in [9.17, 15) is 5.11 Å². The Labute approximate surface area is 113 Å². The van der Waals surface area contributed by atoms with Crippen molar-refractivity contribution in [1.82, 2.24) is 4.90 Å². The van der Waals surface area contributed by atoms with Crippen molar-refractivity contribution in [3.8, 4) is 0 Å². The topological polar surface area (TPSA) is 23.5 Å². The number of nitrogens with zero attached hydrogens (tertiary/aromatic N) is 1. The Morgan fingerprint density at radius 3 is 2.28 bits per heavy atom. The molecule has 0 heterocycles. The molecule has 106 valence electrons. The van der Waals surface area contributed by atoms with E-state index in [1.165, 1.54) is 19.3 Å². The summed E-state index contributed by atoms with van der Waals surface area (Å²) in [5.74, 6) is 1.50. The highest BCUT2D eigenvalue weighted by Crippen LogP contribution is 2.45. The fourth-order valence-electron chi connectivity index (χ4n) is 4.17. The Morgan fingerprint density at radius 2 is 1.78 bits per heavy atom. The maximum absolute atomic E-state index is 9.98. The van der Waals surface area contributed by atoms with Crippen LogP contribution in [-0.4, -0.2) is 35.2 Å². The lowest BCUT2D eigenvalue weighted by atomic mass is 9.66. The zero-order chi connectivity index (χ0) is 13.5. The molecule has 18 heavy (non-hydrogen) atoms. The average Bonchev–Trinajstić information content (AvgIpc) is 2.24. The van der Waals surface area contributed by atoms with Crippen LogP contribution in [0, 0.1) is 17.3 Å². The molecule has 3 atom stereocenters. The van der Waals surface area contributed by atoms with Crippen molar-refractivity contribution in [3.05, 3.63) is 0 Å². The van der Waals surface area contributed by atoms with Gasteiger partial charge in [-0.1, -0.05) is 27.7 Å². The fraction of sp³-hybridized carbons (Fsp3) is 1.00. The zero-order valence-electron chi connectivity index (χ0n) is 12.8. The van der Waals surface area contributed by atoms with Gasteiger partial charge in [0.2, 0.25) is 0 Å². The second-order valence-corrected chi connectivity index (χ2v) is 7.83. The molecule has 0 aliphatic heterocycles. The Hall–Kier alpha value is -0.0800. The van der Waals surface area contributed by atoms with E-state index >= 15 is 0 Å². The van der Waals surface area contributed by atoms with Crippen molar-refractivity contribution in [2.75, 3.05) is 7.05 Å². The van der Waals surface area contributed by atoms with Crippen molar-refractivity contribution in [2.24, 2.45) is 17.3 Å². The van der Waals surface area contributed by atoms with Gasteiger partial charge in [0, 0.05) is 12.1 Å². The predicted molar refractivity (Wildman–Crippen MR) is 76.5 cm³/mol. The highest BCUT2D eigenvalue weighted by molar-refractivity contribution is 4.97. The number of aliphatic hydroxyl groups excluding tert-OH is 1. The van der Waals surface area contributed by atoms with E-state index < -0.39 is 0 Å². The van der Waals surface area contributed by atoms with Crippen LogP contribution in [0.3, 0.4) is 0 Å². The summed E-state index contributed by atoms with van der Waals surface area (Å²) in [6.07, 6.45) is 5.76. The molecule has 2 nitrogen and oxygen atoms in total. The van der Waals surface area contributed by atoms with Crippen molar-refractivity contribution >= 4 is 0 Å². The smallest absolute Gasteiger partial charge is 0.0555 e. The molecule has 2 rings (SSSR count). The van der Waals surface area contributed by atoms with Gasteiger partial charge in [0.05, 0.1) is 6.10 Å². The first kappa shape index (κ1) is 14.3. The molecule has 2 aliphatic carbocycles. The van der Waals surface area contributed by atoms with E-state index in [0.29, 0.717) is 11.5 Å². The fourth-order valence-corrected chi connectivity index (χ4v) is 4.17. The van der Waals surface area contributed by atoms with Gasteiger partial charge in [-0.25, -0.2) is 0 Å². The van der Waals surface area contributed by atoms with Crippen LogP contribution in [-0.2, 0) is 0 Å². The predicted octanol–water partition coefficient (Wildman–Crippen LogP) is 3.29. The zero-order valence-corrected chi connectivity index (χ0v) is 12.8. The van der Waals surface area contributed by atoms with Crippen LogP contribution in [0.2, 0.25) is 0 Å². The number of rotatable bonds is 3. The summed E-state index contributed by atoms with van der Waals surface area (Å²) in [5, 5.41) is 9.98. The maximum Gasteiger partial charge on any atom is 0.0555 e. The third kappa shape index (κ3) is 2.91. The lowest BCUT2D eigenvalue weighted by molar-refractivity contribution is -0.0422. The van der Waals surface area contributed by atoms with Gasteiger partial charge in [-0.3, -0.25) is 0 Å². The molecule has 2 aliphatic rings. The second-order valence-electron chi connectivity index (χ2n) is 7.83. The molecule has 1 N–H and O–H groups in total. The van der Waals surface area contributed by atoms with Crippen LogP contribution in [0.4, 0.5) is 0 Å². The first-order chi connectivity index (χ1) is 8.30. The molecule has 0 saturated heterocycles. The van der Waals surface area contributed by atoms with Gasteiger partial charge < -0.3 is 10.0 Å². The molecule has 0 aromatic carbocycles. The minimum Gasteiger partial charge on any atom is -0.393 e. The lowest BCUT2D eigenvalue weighted by Crippen LogP contribution is -2.55. The molecule has 3 unspecified atom stereocenters. The van der Waals surface area contributed by atoms with Gasteiger partial charge in [-0.15, -0.1) is 0 Å². The quantitative estimate of drug-likeness (QED) is 0.834. The summed E-state index contributed by atoms with van der Waals surface area (Å²) in [7, 11) is 2.29. The first-order valence-corrected chi connectivity index (χ1v) is 7.70. The molecule has 2 heteroatoms. The number of hydrogen-bond acceptors (Lipinski definition) is 2. The van der Waals surface area contributed by atoms with Crippen LogP contribution in [0.25, 0.3) is 0 Å². The number of aliphatic hydroxyl groups is 1. The summed E-state index contributed by atoms with van der Waals surface area (Å²) in [6.45, 7) is 9.42. The van der Waals surface area contributed by atoms with E-state index in [2.05, 4.69) is 39.6 Å². The van der Waals surface area contributed by atoms with Crippen LogP contribution < -0.4 is 0 Å². The van der Waals surface area contributed by atoms with Gasteiger partial charge in [0.15, 0.2) is 0 Å². The Kier molecular flexibility index (Phi) is 4.08. The Balaban J connectivity index is 1.99. The standard InChI is InChI=1S/C16H31NO/c1-11(2)14-7-6-13(18)8-15(14)17(5)12-9-16(3,4)10-12/h11-15,18H,6-10H2,1-5H3. The molecular weight excluding hydrogens is 222 g/mol. The van der Waals surface area contributed by atoms with E-state index in [1.54, 1.807) is 0 Å². The highest BCUT2D eigenvalue weighted by Gasteiger charge is 2.43. The SMILES string of the molecule is CC(C)C1CCC(O)CC1N(C)C1CC(C)(C)C1. The minimum atomic E-state index is -0.0689. The lowest BCUT2D eigenvalue weighted by Gasteiger charge is -2.52. The van der Waals surface area contributed by atoms with Crippen molar-refractivity contribution < 1.29 is 5.11 Å². The van der Waals surface area contributed by atoms with Gasteiger partial charge in [0.25, 0.3) is 0 Å². The average molecular weight is 253 g/mol. The van der Waals surface area contributed by atoms with Gasteiger partial charge in [0.1, 0.15) is 0 Å². The third-order valence-corrected chi connectivity index (χ3v) is 5.37. The van der Waals surface area contributed by atoms with Gasteiger partial charge in [-0.2, -0.15) is 0 Å². The van der Waals surface area contributed by atoms with Crippen molar-refractivity contribution in [3.63, 3.8) is 0 Å². The highest BCUT2D eigenvalue weighted by atomic mass is 16.3. The van der Waals surface area contributed by atoms with Crippen LogP contribution in [0.5, 0.6) is 0 Å². The maximum atomic E-state index is 9.98. The summed E-state index contributed by atoms with van der Waals surface area (Å²) in [5.41, 5.74) is 0.541. The van der Waals surface area contributed by atoms with E-state index in [4.69, 9.17) is 0 Å². The van der Waals surface area contributed by atoms with Crippen LogP contribution in [0.15, 0.2) is 0 Å².